The second-order valence-corrected chi connectivity index (χ2v) is 9.59. The van der Waals surface area contributed by atoms with Crippen LogP contribution in [-0.2, 0) is 10.0 Å². The van der Waals surface area contributed by atoms with Crippen molar-refractivity contribution in [3.63, 3.8) is 0 Å². The summed E-state index contributed by atoms with van der Waals surface area (Å²) in [6.07, 6.45) is 0. The lowest BCUT2D eigenvalue weighted by Crippen LogP contribution is -2.15. The van der Waals surface area contributed by atoms with Gasteiger partial charge in [-0.2, -0.15) is 4.98 Å². The molecule has 1 aliphatic carbocycles. The smallest absolute Gasteiger partial charge is 0.263 e. The van der Waals surface area contributed by atoms with Crippen LogP contribution >= 0.6 is 35.4 Å². The van der Waals surface area contributed by atoms with Crippen molar-refractivity contribution in [2.75, 3.05) is 4.72 Å². The van der Waals surface area contributed by atoms with E-state index in [1.54, 1.807) is 24.3 Å². The number of nitrogens with one attached hydrogen (secondary N) is 2. The van der Waals surface area contributed by atoms with Crippen LogP contribution in [0.5, 0.6) is 0 Å². The SMILES string of the molecule is O=c1c(Cl)c2oc3nc(=S)[nH]c(NS(=O)(=O)c4ccc(Cl)cc4)c3nc-2c2ccccc12. The van der Waals surface area contributed by atoms with Gasteiger partial charge in [0.1, 0.15) is 10.7 Å². The third-order valence-corrected chi connectivity index (χ3v) is 6.85. The topological polar surface area (TPSA) is 118 Å². The van der Waals surface area contributed by atoms with Gasteiger partial charge in [0, 0.05) is 15.8 Å². The fourth-order valence-electron chi connectivity index (χ4n) is 3.25. The van der Waals surface area contributed by atoms with Crippen LogP contribution < -0.4 is 10.2 Å². The minimum Gasteiger partial charge on any atom is -0.433 e. The molecule has 0 saturated heterocycles. The fraction of sp³-hybridized carbons (Fsp3) is 0. The molecule has 0 unspecified atom stereocenters. The third-order valence-electron chi connectivity index (χ3n) is 4.70. The molecule has 1 aliphatic heterocycles. The van der Waals surface area contributed by atoms with Crippen molar-refractivity contribution in [2.45, 2.75) is 4.90 Å². The first-order valence-electron chi connectivity index (χ1n) is 8.98. The Balaban J connectivity index is 1.80. The van der Waals surface area contributed by atoms with Crippen molar-refractivity contribution in [3.8, 4) is 11.5 Å². The highest BCUT2D eigenvalue weighted by Gasteiger charge is 2.24. The molecule has 0 bridgehead atoms. The normalized spacial score (nSPS) is 11.9. The van der Waals surface area contributed by atoms with Gasteiger partial charge in [-0.3, -0.25) is 9.52 Å². The summed E-state index contributed by atoms with van der Waals surface area (Å²) in [6, 6.07) is 12.4. The minimum absolute atomic E-state index is 0.0200. The largest absolute Gasteiger partial charge is 0.433 e. The van der Waals surface area contributed by atoms with Crippen molar-refractivity contribution < 1.29 is 12.8 Å². The summed E-state index contributed by atoms with van der Waals surface area (Å²) in [5, 5.41) is 1.09. The number of anilines is 1. The van der Waals surface area contributed by atoms with E-state index < -0.39 is 15.5 Å². The fourth-order valence-corrected chi connectivity index (χ4v) is 4.82. The van der Waals surface area contributed by atoms with Gasteiger partial charge in [-0.1, -0.05) is 47.5 Å². The first-order valence-corrected chi connectivity index (χ1v) is 11.6. The lowest BCUT2D eigenvalue weighted by atomic mass is 10.0. The van der Waals surface area contributed by atoms with Gasteiger partial charge in [-0.15, -0.1) is 0 Å². The van der Waals surface area contributed by atoms with Gasteiger partial charge in [-0.25, -0.2) is 13.4 Å². The predicted octanol–water partition coefficient (Wildman–Crippen LogP) is 5.01. The van der Waals surface area contributed by atoms with Crippen molar-refractivity contribution in [2.24, 2.45) is 0 Å². The molecule has 8 nitrogen and oxygen atoms in total. The van der Waals surface area contributed by atoms with E-state index in [4.69, 9.17) is 39.8 Å². The van der Waals surface area contributed by atoms with Crippen molar-refractivity contribution in [1.29, 1.82) is 0 Å². The Bertz CT molecular complexity index is 1730. The second kappa shape index (κ2) is 7.52. The molecular weight excluding hydrogens is 495 g/mol. The molecule has 0 amide bonds. The Hall–Kier alpha value is -3.05. The van der Waals surface area contributed by atoms with Crippen LogP contribution in [0.25, 0.3) is 33.5 Å². The van der Waals surface area contributed by atoms with Crippen molar-refractivity contribution >= 4 is 73.3 Å². The molecule has 0 radical (unpaired) electrons. The Morgan fingerprint density at radius 2 is 1.69 bits per heavy atom. The predicted molar refractivity (Wildman–Crippen MR) is 125 cm³/mol. The molecule has 12 heteroatoms. The van der Waals surface area contributed by atoms with Crippen LogP contribution in [0.4, 0.5) is 5.82 Å². The maximum absolute atomic E-state index is 12.9. The number of hydrogen-bond acceptors (Lipinski definition) is 7. The van der Waals surface area contributed by atoms with Gasteiger partial charge < -0.3 is 9.40 Å². The zero-order valence-corrected chi connectivity index (χ0v) is 18.9. The van der Waals surface area contributed by atoms with Crippen LogP contribution in [0.3, 0.4) is 0 Å². The number of benzene rings is 3. The molecule has 5 rings (SSSR count). The standard InChI is InChI=1S/C20H10Cl2N4O4S2/c21-9-5-7-10(8-6-9)32(28,29)26-18-15-19(25-20(31)24-18)30-17-13(22)16(27)12-4-2-1-3-11(12)14(17)23-15/h1-8H,(H2,24,25,26,31). The van der Waals surface area contributed by atoms with E-state index in [0.29, 0.717) is 15.8 Å². The van der Waals surface area contributed by atoms with Crippen LogP contribution in [0, 0.1) is 4.77 Å². The highest BCUT2D eigenvalue weighted by Crippen LogP contribution is 2.35. The summed E-state index contributed by atoms with van der Waals surface area (Å²) in [5.41, 5.74) is -0.170. The highest BCUT2D eigenvalue weighted by molar-refractivity contribution is 7.92. The minimum atomic E-state index is -4.02. The second-order valence-electron chi connectivity index (χ2n) is 6.71. The molecule has 0 fully saturated rings. The molecule has 32 heavy (non-hydrogen) atoms. The van der Waals surface area contributed by atoms with Gasteiger partial charge in [0.2, 0.25) is 10.2 Å². The average molecular weight is 505 g/mol. The first-order chi connectivity index (χ1) is 15.2. The molecule has 2 N–H and O–H groups in total. The summed E-state index contributed by atoms with van der Waals surface area (Å²) in [4.78, 5) is 23.9. The molecule has 3 aromatic rings. The molecule has 0 spiro atoms. The summed E-state index contributed by atoms with van der Waals surface area (Å²) in [6.45, 7) is 0. The lowest BCUT2D eigenvalue weighted by molar-refractivity contribution is 0.598. The van der Waals surface area contributed by atoms with Crippen LogP contribution in [0.1, 0.15) is 0 Å². The number of nitrogens with zero attached hydrogens (tertiary/aromatic N) is 2. The van der Waals surface area contributed by atoms with E-state index in [1.165, 1.54) is 24.3 Å². The molecule has 2 aliphatic rings. The Kier molecular flexibility index (Phi) is 4.90. The van der Waals surface area contributed by atoms with Gasteiger partial charge >= 0.3 is 0 Å². The first kappa shape index (κ1) is 20.8. The van der Waals surface area contributed by atoms with Crippen molar-refractivity contribution in [1.82, 2.24) is 15.0 Å². The Morgan fingerprint density at radius 3 is 2.41 bits per heavy atom. The van der Waals surface area contributed by atoms with Gasteiger partial charge in [0.15, 0.2) is 17.1 Å². The summed E-state index contributed by atoms with van der Waals surface area (Å²) < 4.78 is 33.9. The number of halogens is 2. The zero-order chi connectivity index (χ0) is 22.6. The molecule has 1 aromatic heterocycles. The zero-order valence-electron chi connectivity index (χ0n) is 15.7. The lowest BCUT2D eigenvalue weighted by Gasteiger charge is -2.13. The highest BCUT2D eigenvalue weighted by atomic mass is 35.5. The Morgan fingerprint density at radius 1 is 1.00 bits per heavy atom. The number of hydrogen-bond donors (Lipinski definition) is 2. The van der Waals surface area contributed by atoms with Crippen LogP contribution in [-0.4, -0.2) is 23.4 Å². The van der Waals surface area contributed by atoms with Crippen LogP contribution in [0.15, 0.2) is 62.6 Å². The maximum Gasteiger partial charge on any atom is 0.263 e. The maximum atomic E-state index is 12.9. The number of aromatic amines is 1. The third kappa shape index (κ3) is 3.41. The van der Waals surface area contributed by atoms with Crippen LogP contribution in [0.2, 0.25) is 10.0 Å². The van der Waals surface area contributed by atoms with Gasteiger partial charge in [0.05, 0.1) is 4.90 Å². The van der Waals surface area contributed by atoms with E-state index in [9.17, 15) is 13.2 Å². The quantitative estimate of drug-likeness (QED) is 0.201. The number of fused-ring (bicyclic) bond motifs is 4. The van der Waals surface area contributed by atoms with E-state index in [1.807, 2.05) is 0 Å². The molecule has 2 aromatic carbocycles. The monoisotopic (exact) mass is 504 g/mol. The average Bonchev–Trinajstić information content (AvgIpc) is 2.76. The van der Waals surface area contributed by atoms with Gasteiger partial charge in [-0.05, 0) is 36.5 Å². The van der Waals surface area contributed by atoms with E-state index >= 15 is 0 Å². The molecule has 0 saturated carbocycles. The number of sulfonamides is 1. The van der Waals surface area contributed by atoms with Crippen molar-refractivity contribution in [3.05, 3.63) is 73.6 Å². The summed E-state index contributed by atoms with van der Waals surface area (Å²) in [5.74, 6) is -0.0190. The van der Waals surface area contributed by atoms with E-state index in [0.717, 1.165) is 0 Å². The molecule has 0 atom stereocenters. The summed E-state index contributed by atoms with van der Waals surface area (Å²) in [7, 11) is -4.02. The van der Waals surface area contributed by atoms with Gasteiger partial charge in [0.25, 0.3) is 15.7 Å². The number of aromatic nitrogens is 3. The molecule has 2 heterocycles. The van der Waals surface area contributed by atoms with E-state index in [-0.39, 0.29) is 43.2 Å². The molecular formula is C20H10Cl2N4O4S2. The van der Waals surface area contributed by atoms with E-state index in [2.05, 4.69) is 19.7 Å². The molecule has 160 valence electrons. The summed E-state index contributed by atoms with van der Waals surface area (Å²) >= 11 is 17.2. The Labute approximate surface area is 195 Å². The number of H-pyrrole nitrogens is 1. The number of rotatable bonds is 3.